The van der Waals surface area contributed by atoms with Crippen LogP contribution in [0.4, 0.5) is 4.79 Å². The van der Waals surface area contributed by atoms with Crippen LogP contribution in [-0.2, 0) is 38.1 Å². The highest BCUT2D eigenvalue weighted by molar-refractivity contribution is 5.90. The highest BCUT2D eigenvalue weighted by atomic mass is 16.6. The van der Waals surface area contributed by atoms with Gasteiger partial charge in [-0.25, -0.2) is 9.59 Å². The number of alkyl carbamates (subject to hydrolysis) is 1. The lowest BCUT2D eigenvalue weighted by Crippen LogP contribution is -2.53. The van der Waals surface area contributed by atoms with E-state index >= 15 is 0 Å². The van der Waals surface area contributed by atoms with E-state index in [1.165, 1.54) is 135 Å². The van der Waals surface area contributed by atoms with Crippen molar-refractivity contribution in [3.8, 4) is 0 Å². The first kappa shape index (κ1) is 59.1. The third-order valence-corrected chi connectivity index (χ3v) is 10.8. The van der Waals surface area contributed by atoms with Gasteiger partial charge < -0.3 is 29.6 Å². The quantitative estimate of drug-likeness (QED) is 0.0349. The van der Waals surface area contributed by atoms with Crippen LogP contribution in [0, 0.1) is 0 Å². The van der Waals surface area contributed by atoms with Crippen LogP contribution in [0.15, 0.2) is 0 Å². The lowest BCUT2D eigenvalue weighted by atomic mass is 10.0. The molecule has 11 heteroatoms. The smallest absolute Gasteiger partial charge is 0.408 e. The van der Waals surface area contributed by atoms with Crippen molar-refractivity contribution in [2.45, 2.75) is 284 Å². The van der Waals surface area contributed by atoms with Crippen molar-refractivity contribution in [2.75, 3.05) is 13.2 Å². The number of nitrogens with one attached hydrogen (secondary N) is 2. The first-order chi connectivity index (χ1) is 29.6. The van der Waals surface area contributed by atoms with E-state index in [1.54, 1.807) is 41.5 Å². The van der Waals surface area contributed by atoms with Gasteiger partial charge in [0, 0.05) is 12.8 Å². The van der Waals surface area contributed by atoms with Crippen molar-refractivity contribution in [1.29, 1.82) is 0 Å². The number of carbonyl (C=O) groups excluding carboxylic acids is 5. The number of rotatable bonds is 40. The summed E-state index contributed by atoms with van der Waals surface area (Å²) in [4.78, 5) is 65.2. The number of carbonyl (C=O) groups is 5. The third-order valence-electron chi connectivity index (χ3n) is 10.8. The maximum Gasteiger partial charge on any atom is 0.408 e. The third kappa shape index (κ3) is 40.0. The van der Waals surface area contributed by atoms with E-state index in [0.717, 1.165) is 38.5 Å². The zero-order valence-corrected chi connectivity index (χ0v) is 41.4. The van der Waals surface area contributed by atoms with Gasteiger partial charge in [0.05, 0.1) is 13.2 Å². The summed E-state index contributed by atoms with van der Waals surface area (Å²) in [5.74, 6) is -2.34. The van der Waals surface area contributed by atoms with Crippen molar-refractivity contribution in [2.24, 2.45) is 0 Å². The highest BCUT2D eigenvalue weighted by Crippen LogP contribution is 2.16. The van der Waals surface area contributed by atoms with Gasteiger partial charge in [0.2, 0.25) is 5.91 Å². The molecular formula is C51H96N2O9. The number of ether oxygens (including phenoxy) is 4. The summed E-state index contributed by atoms with van der Waals surface area (Å²) < 4.78 is 21.9. The second-order valence-electron chi connectivity index (χ2n) is 19.5. The fraction of sp³-hybridized carbons (Fsp3) is 0.902. The maximum atomic E-state index is 13.7. The monoisotopic (exact) mass is 881 g/mol. The van der Waals surface area contributed by atoms with Gasteiger partial charge in [0.1, 0.15) is 23.3 Å². The molecule has 0 aromatic rings. The Morgan fingerprint density at radius 1 is 0.403 bits per heavy atom. The van der Waals surface area contributed by atoms with Crippen LogP contribution < -0.4 is 10.6 Å². The molecule has 364 valence electrons. The van der Waals surface area contributed by atoms with Gasteiger partial charge in [-0.3, -0.25) is 14.4 Å². The SMILES string of the molecule is CCCCCCCCCCCCCCCCOC(=O)CCC(NC(=O)C(CCC(=O)OC(C)(C)C)NC(=O)OC(C)(C)C)C(=O)OCCCCCCCCCCCCCCCC. The average Bonchev–Trinajstić information content (AvgIpc) is 3.19. The minimum atomic E-state index is -1.22. The van der Waals surface area contributed by atoms with Crippen LogP contribution in [0.25, 0.3) is 0 Å². The minimum Gasteiger partial charge on any atom is -0.466 e. The Morgan fingerprint density at radius 3 is 1.13 bits per heavy atom. The van der Waals surface area contributed by atoms with Crippen molar-refractivity contribution in [1.82, 2.24) is 10.6 Å². The van der Waals surface area contributed by atoms with Crippen LogP contribution in [0.3, 0.4) is 0 Å². The molecule has 2 atom stereocenters. The number of unbranched alkanes of at least 4 members (excludes halogenated alkanes) is 26. The molecule has 0 spiro atoms. The first-order valence-electron chi connectivity index (χ1n) is 25.4. The van der Waals surface area contributed by atoms with Gasteiger partial charge in [-0.1, -0.05) is 181 Å². The summed E-state index contributed by atoms with van der Waals surface area (Å²) in [6.07, 6.45) is 33.1. The fourth-order valence-corrected chi connectivity index (χ4v) is 7.28. The highest BCUT2D eigenvalue weighted by Gasteiger charge is 2.31. The maximum absolute atomic E-state index is 13.7. The van der Waals surface area contributed by atoms with Gasteiger partial charge in [-0.05, 0) is 67.2 Å². The molecule has 0 aliphatic rings. The molecule has 2 unspecified atom stereocenters. The molecular weight excluding hydrogens is 785 g/mol. The summed E-state index contributed by atoms with van der Waals surface area (Å²) in [7, 11) is 0. The van der Waals surface area contributed by atoms with Crippen molar-refractivity contribution in [3.05, 3.63) is 0 Å². The number of esters is 3. The number of hydrogen-bond donors (Lipinski definition) is 2. The van der Waals surface area contributed by atoms with Crippen molar-refractivity contribution in [3.63, 3.8) is 0 Å². The molecule has 62 heavy (non-hydrogen) atoms. The molecule has 0 aliphatic carbocycles. The van der Waals surface area contributed by atoms with Gasteiger partial charge in [-0.2, -0.15) is 0 Å². The van der Waals surface area contributed by atoms with Crippen LogP contribution in [0.5, 0.6) is 0 Å². The van der Waals surface area contributed by atoms with E-state index in [1.807, 2.05) is 0 Å². The zero-order chi connectivity index (χ0) is 46.3. The Labute approximate surface area is 379 Å². The van der Waals surface area contributed by atoms with Crippen LogP contribution in [0.2, 0.25) is 0 Å². The second-order valence-corrected chi connectivity index (χ2v) is 19.5. The summed E-state index contributed by atoms with van der Waals surface area (Å²) in [5.41, 5.74) is -1.56. The van der Waals surface area contributed by atoms with Gasteiger partial charge in [0.25, 0.3) is 0 Å². The molecule has 0 saturated carbocycles. The molecule has 0 saturated heterocycles. The topological polar surface area (TPSA) is 146 Å². The molecule has 0 bridgehead atoms. The number of amides is 2. The number of hydrogen-bond acceptors (Lipinski definition) is 9. The summed E-state index contributed by atoms with van der Waals surface area (Å²) in [6.45, 7) is 15.3. The molecule has 0 aromatic carbocycles. The second kappa shape index (κ2) is 38.6. The van der Waals surface area contributed by atoms with E-state index in [2.05, 4.69) is 24.5 Å². The predicted octanol–water partition coefficient (Wildman–Crippen LogP) is 13.3. The summed E-state index contributed by atoms with van der Waals surface area (Å²) in [6, 6.07) is -2.38. The van der Waals surface area contributed by atoms with Gasteiger partial charge in [-0.15, -0.1) is 0 Å². The Balaban J connectivity index is 5.05. The van der Waals surface area contributed by atoms with Crippen LogP contribution in [0.1, 0.15) is 261 Å². The first-order valence-corrected chi connectivity index (χ1v) is 25.4. The van der Waals surface area contributed by atoms with Crippen LogP contribution in [-0.4, -0.2) is 66.4 Å². The molecule has 0 rings (SSSR count). The lowest BCUT2D eigenvalue weighted by molar-refractivity contribution is -0.155. The summed E-state index contributed by atoms with van der Waals surface area (Å²) in [5, 5.41) is 5.24. The molecule has 0 radical (unpaired) electrons. The minimum absolute atomic E-state index is 0.0356. The Bertz CT molecular complexity index is 1150. The van der Waals surface area contributed by atoms with Crippen molar-refractivity contribution < 1.29 is 42.9 Å². The van der Waals surface area contributed by atoms with E-state index < -0.39 is 53.2 Å². The van der Waals surface area contributed by atoms with E-state index in [9.17, 15) is 24.0 Å². The van der Waals surface area contributed by atoms with Crippen molar-refractivity contribution >= 4 is 29.9 Å². The van der Waals surface area contributed by atoms with E-state index in [4.69, 9.17) is 18.9 Å². The predicted molar refractivity (Wildman–Crippen MR) is 252 cm³/mol. The zero-order valence-electron chi connectivity index (χ0n) is 41.4. The normalized spacial score (nSPS) is 12.6. The largest absolute Gasteiger partial charge is 0.466 e. The van der Waals surface area contributed by atoms with E-state index in [-0.39, 0.29) is 32.3 Å². The molecule has 0 aromatic heterocycles. The summed E-state index contributed by atoms with van der Waals surface area (Å²) >= 11 is 0. The Morgan fingerprint density at radius 2 is 0.742 bits per heavy atom. The Kier molecular flexibility index (Phi) is 36.8. The van der Waals surface area contributed by atoms with Gasteiger partial charge >= 0.3 is 24.0 Å². The van der Waals surface area contributed by atoms with Crippen LogP contribution >= 0.6 is 0 Å². The standard InChI is InChI=1S/C51H96N2O9/c1-9-11-13-15-17-19-21-23-25-27-29-31-33-35-41-59-45(54)39-38-44(48(57)60-42-36-34-32-30-28-26-24-22-20-18-16-14-12-10-2)52-47(56)43(53-49(58)62-51(6,7)8)37-40-46(55)61-50(3,4)5/h43-44H,9-42H2,1-8H3,(H,52,56)(H,53,58). The molecule has 11 nitrogen and oxygen atoms in total. The lowest BCUT2D eigenvalue weighted by Gasteiger charge is -2.25. The molecule has 0 fully saturated rings. The molecule has 0 aliphatic heterocycles. The average molecular weight is 881 g/mol. The molecule has 2 N–H and O–H groups in total. The molecule has 0 heterocycles. The fourth-order valence-electron chi connectivity index (χ4n) is 7.28. The molecule has 2 amide bonds. The Hall–Kier alpha value is -2.85. The van der Waals surface area contributed by atoms with Gasteiger partial charge in [0.15, 0.2) is 0 Å². The van der Waals surface area contributed by atoms with E-state index in [0.29, 0.717) is 13.0 Å².